The Morgan fingerprint density at radius 2 is 1.30 bits per heavy atom. The first-order chi connectivity index (χ1) is 17.6. The summed E-state index contributed by atoms with van der Waals surface area (Å²) in [5, 5.41) is 0.0707. The molecule has 1 saturated carbocycles. The zero-order valence-corrected chi connectivity index (χ0v) is 26.5. The number of unbranched alkanes of at least 4 members (excludes halogenated alkanes) is 15. The minimum Gasteiger partial charge on any atom is -0.329 e. The van der Waals surface area contributed by atoms with Gasteiger partial charge in [-0.05, 0) is 32.1 Å². The van der Waals surface area contributed by atoms with Crippen molar-refractivity contribution in [3.63, 3.8) is 0 Å². The van der Waals surface area contributed by atoms with Crippen molar-refractivity contribution in [3.05, 3.63) is 0 Å². The first-order valence-corrected chi connectivity index (χ1v) is 18.3. The van der Waals surface area contributed by atoms with Gasteiger partial charge in [0, 0.05) is 21.8 Å². The highest BCUT2D eigenvalue weighted by atomic mass is 32.2. The Hall–Kier alpha value is 0.220. The molecule has 1 fully saturated rings. The molecule has 0 heterocycles. The molecular weight excluding hydrogens is 505 g/mol. The Morgan fingerprint density at radius 3 is 1.78 bits per heavy atom. The van der Waals surface area contributed by atoms with Gasteiger partial charge in [-0.3, -0.25) is 13.3 Å². The molecule has 1 rings (SSSR count). The van der Waals surface area contributed by atoms with E-state index in [0.717, 1.165) is 37.9 Å². The Morgan fingerprint density at radius 1 is 0.811 bits per heavy atom. The van der Waals surface area contributed by atoms with Crippen LogP contribution in [-0.4, -0.2) is 65.0 Å². The smallest absolute Gasteiger partial charge is 0.329 e. The van der Waals surface area contributed by atoms with Crippen molar-refractivity contribution in [2.45, 2.75) is 147 Å². The van der Waals surface area contributed by atoms with Crippen molar-refractivity contribution in [2.75, 3.05) is 40.0 Å². The van der Waals surface area contributed by atoms with Crippen molar-refractivity contribution in [1.29, 1.82) is 0 Å². The number of hydrogen-bond acceptors (Lipinski definition) is 4. The predicted octanol–water partition coefficient (Wildman–Crippen LogP) is 8.15. The summed E-state index contributed by atoms with van der Waals surface area (Å²) in [4.78, 5) is 10.1. The number of nitrogens with zero attached hydrogens (tertiary/aromatic N) is 1. The summed E-state index contributed by atoms with van der Waals surface area (Å²) >= 11 is 0. The molecule has 0 aliphatic heterocycles. The average molecular weight is 567 g/mol. The number of rotatable bonds is 24. The summed E-state index contributed by atoms with van der Waals surface area (Å²) in [6, 6.07) is 0. The van der Waals surface area contributed by atoms with Crippen LogP contribution in [0.4, 0.5) is 0 Å². The molecular formula is C29H61NO5PS+. The first-order valence-electron chi connectivity index (χ1n) is 15.5. The number of phosphoric acid groups is 1. The molecule has 0 saturated heterocycles. The third kappa shape index (κ3) is 20.7. The summed E-state index contributed by atoms with van der Waals surface area (Å²) in [6.07, 6.45) is 24.2. The van der Waals surface area contributed by atoms with Crippen LogP contribution < -0.4 is 0 Å². The van der Waals surface area contributed by atoms with Crippen LogP contribution >= 0.6 is 7.82 Å². The summed E-state index contributed by atoms with van der Waals surface area (Å²) in [5.41, 5.74) is 0. The molecule has 0 amide bonds. The minimum atomic E-state index is -4.07. The van der Waals surface area contributed by atoms with Gasteiger partial charge >= 0.3 is 7.82 Å². The Balaban J connectivity index is 2.02. The molecule has 0 bridgehead atoms. The fourth-order valence-electron chi connectivity index (χ4n) is 5.04. The zero-order chi connectivity index (χ0) is 27.4. The van der Waals surface area contributed by atoms with E-state index in [-0.39, 0.29) is 18.0 Å². The van der Waals surface area contributed by atoms with E-state index in [2.05, 4.69) is 6.92 Å². The van der Waals surface area contributed by atoms with Crippen LogP contribution in [-0.2, 0) is 24.4 Å². The van der Waals surface area contributed by atoms with Crippen LogP contribution in [0, 0.1) is 0 Å². The monoisotopic (exact) mass is 566 g/mol. The van der Waals surface area contributed by atoms with Gasteiger partial charge in [-0.15, -0.1) is 0 Å². The molecule has 37 heavy (non-hydrogen) atoms. The molecule has 4 atom stereocenters. The van der Waals surface area contributed by atoms with Gasteiger partial charge < -0.3 is 9.38 Å². The van der Waals surface area contributed by atoms with Crippen LogP contribution in [0.2, 0.25) is 0 Å². The number of hydrogen-bond donors (Lipinski definition) is 1. The molecule has 8 heteroatoms. The fraction of sp³-hybridized carbons (Fsp3) is 1.00. The average Bonchev–Trinajstić information content (AvgIpc) is 2.82. The van der Waals surface area contributed by atoms with E-state index in [1.165, 1.54) is 89.9 Å². The largest absolute Gasteiger partial charge is 0.472 e. The molecule has 222 valence electrons. The van der Waals surface area contributed by atoms with Gasteiger partial charge in [0.1, 0.15) is 13.2 Å². The van der Waals surface area contributed by atoms with E-state index in [0.29, 0.717) is 17.4 Å². The molecule has 0 aromatic rings. The summed E-state index contributed by atoms with van der Waals surface area (Å²) < 4.78 is 36.4. The highest BCUT2D eigenvalue weighted by Gasteiger charge is 2.33. The number of quaternary nitrogens is 1. The van der Waals surface area contributed by atoms with E-state index in [4.69, 9.17) is 9.05 Å². The van der Waals surface area contributed by atoms with E-state index >= 15 is 0 Å². The molecule has 0 spiro atoms. The molecule has 1 aliphatic carbocycles. The highest BCUT2D eigenvalue weighted by molar-refractivity contribution is 7.85. The van der Waals surface area contributed by atoms with Crippen LogP contribution in [0.15, 0.2) is 0 Å². The predicted molar refractivity (Wildman–Crippen MR) is 158 cm³/mol. The summed E-state index contributed by atoms with van der Waals surface area (Å²) in [7, 11) is 1.07. The maximum Gasteiger partial charge on any atom is 0.472 e. The minimum absolute atomic E-state index is 0.0707. The van der Waals surface area contributed by atoms with Crippen LogP contribution in [0.3, 0.4) is 0 Å². The molecule has 1 aliphatic rings. The standard InChI is InChI=1S/C29H60NO5PS/c1-5-6-7-8-9-10-11-12-13-14-15-16-17-18-19-20-26-37(33)29-23-21-22-28(27-29)35-36(31,32)34-25-24-30(2,3)4/h28-29H,5-27H2,1-4H3/p+1. The second-order valence-corrected chi connectivity index (χ2v) is 15.5. The van der Waals surface area contributed by atoms with E-state index < -0.39 is 18.6 Å². The van der Waals surface area contributed by atoms with Crippen molar-refractivity contribution in [1.82, 2.24) is 0 Å². The summed E-state index contributed by atoms with van der Waals surface area (Å²) in [6.45, 7) is 3.09. The number of likely N-dealkylation sites (N-methyl/N-ethyl adjacent to an activating group) is 1. The molecule has 1 N–H and O–H groups in total. The van der Waals surface area contributed by atoms with Gasteiger partial charge in [-0.1, -0.05) is 103 Å². The topological polar surface area (TPSA) is 72.8 Å². The second-order valence-electron chi connectivity index (χ2n) is 12.2. The lowest BCUT2D eigenvalue weighted by Crippen LogP contribution is -2.37. The van der Waals surface area contributed by atoms with Gasteiger partial charge in [0.2, 0.25) is 0 Å². The molecule has 0 radical (unpaired) electrons. The second kappa shape index (κ2) is 21.0. The maximum atomic E-state index is 12.8. The van der Waals surface area contributed by atoms with E-state index in [1.54, 1.807) is 0 Å². The van der Waals surface area contributed by atoms with Crippen LogP contribution in [0.1, 0.15) is 135 Å². The van der Waals surface area contributed by atoms with Gasteiger partial charge in [-0.2, -0.15) is 0 Å². The van der Waals surface area contributed by atoms with Gasteiger partial charge in [0.25, 0.3) is 0 Å². The lowest BCUT2D eigenvalue weighted by Gasteiger charge is -2.30. The van der Waals surface area contributed by atoms with Crippen LogP contribution in [0.5, 0.6) is 0 Å². The van der Waals surface area contributed by atoms with Crippen molar-refractivity contribution in [3.8, 4) is 0 Å². The maximum absolute atomic E-state index is 12.8. The molecule has 6 nitrogen and oxygen atoms in total. The Kier molecular flexibility index (Phi) is 20.0. The van der Waals surface area contributed by atoms with E-state index in [9.17, 15) is 13.7 Å². The van der Waals surface area contributed by atoms with Crippen molar-refractivity contribution in [2.24, 2.45) is 0 Å². The van der Waals surface area contributed by atoms with Crippen molar-refractivity contribution >= 4 is 18.6 Å². The zero-order valence-electron chi connectivity index (χ0n) is 24.8. The number of phosphoric ester groups is 1. The van der Waals surface area contributed by atoms with Crippen LogP contribution in [0.25, 0.3) is 0 Å². The quantitative estimate of drug-likeness (QED) is 0.0725. The first kappa shape index (κ1) is 35.2. The van der Waals surface area contributed by atoms with E-state index in [1.807, 2.05) is 21.1 Å². The molecule has 0 aromatic carbocycles. The normalized spacial score (nSPS) is 21.1. The summed E-state index contributed by atoms with van der Waals surface area (Å²) in [5.74, 6) is 0.743. The van der Waals surface area contributed by atoms with Gasteiger partial charge in [0.05, 0.1) is 27.2 Å². The Bertz CT molecular complexity index is 628. The lowest BCUT2D eigenvalue weighted by atomic mass is 9.97. The van der Waals surface area contributed by atoms with Gasteiger partial charge in [-0.25, -0.2) is 4.57 Å². The van der Waals surface area contributed by atoms with Crippen molar-refractivity contribution < 1.29 is 27.2 Å². The molecule has 0 aromatic heterocycles. The highest BCUT2D eigenvalue weighted by Crippen LogP contribution is 2.47. The molecule has 4 unspecified atom stereocenters. The Labute approximate surface area is 232 Å². The third-order valence-electron chi connectivity index (χ3n) is 7.45. The van der Waals surface area contributed by atoms with Gasteiger partial charge in [0.15, 0.2) is 0 Å². The lowest BCUT2D eigenvalue weighted by molar-refractivity contribution is -0.870. The fourth-order valence-corrected chi connectivity index (χ4v) is 7.67. The third-order valence-corrected chi connectivity index (χ3v) is 10.4. The SMILES string of the molecule is CCCCCCCCCCCCCCCCCCS(=O)C1CCCC(OP(=O)(O)OCC[N+](C)(C)C)C1.